The molecule has 0 aromatic rings. The molecular weight excluding hydrogens is 887 g/mol. The summed E-state index contributed by atoms with van der Waals surface area (Å²) in [5.41, 5.74) is 0. The summed E-state index contributed by atoms with van der Waals surface area (Å²) in [6.45, 7) is 3.77. The van der Waals surface area contributed by atoms with Crippen molar-refractivity contribution in [1.29, 1.82) is 0 Å². The van der Waals surface area contributed by atoms with Crippen molar-refractivity contribution in [3.05, 3.63) is 36.5 Å². The Balaban J connectivity index is 2.13. The van der Waals surface area contributed by atoms with Gasteiger partial charge in [0.15, 0.2) is 6.29 Å². The standard InChI is InChI=1S/C62H117NO8/c1-3-5-7-9-11-13-15-17-19-20-21-22-23-24-25-26-27-28-29-30-31-32-33-34-35-36-38-39-41-43-45-47-49-51-56(65)55(54-70-62-61(69)60(68)59(67)57(53-64)71-62)63-58(66)52-50-48-46-44-42-40-37-18-16-14-12-10-8-6-4-2/h12,14,18,37,49,51,55-57,59-62,64-65,67-69H,3-11,13,15-17,19-36,38-48,50,52-54H2,1-2H3,(H,63,66)/b14-12-,37-18-,51-49+. The number of aliphatic hydroxyl groups excluding tert-OH is 5. The molecule has 1 amide bonds. The van der Waals surface area contributed by atoms with Crippen molar-refractivity contribution < 1.29 is 39.8 Å². The molecule has 1 rings (SSSR count). The number of hydrogen-bond acceptors (Lipinski definition) is 8. The predicted molar refractivity (Wildman–Crippen MR) is 300 cm³/mol. The van der Waals surface area contributed by atoms with E-state index in [0.29, 0.717) is 6.42 Å². The van der Waals surface area contributed by atoms with Crippen LogP contribution in [0.15, 0.2) is 36.5 Å². The molecule has 9 heteroatoms. The van der Waals surface area contributed by atoms with Crippen LogP contribution in [0.1, 0.15) is 296 Å². The minimum Gasteiger partial charge on any atom is -0.394 e. The molecule has 9 nitrogen and oxygen atoms in total. The van der Waals surface area contributed by atoms with Crippen LogP contribution in [0.2, 0.25) is 0 Å². The first-order chi connectivity index (χ1) is 34.8. The molecular formula is C62H117NO8. The Morgan fingerprint density at radius 3 is 1.24 bits per heavy atom. The second-order valence-electron chi connectivity index (χ2n) is 21.5. The normalized spacial score (nSPS) is 19.5. The fourth-order valence-electron chi connectivity index (χ4n) is 9.84. The van der Waals surface area contributed by atoms with Crippen molar-refractivity contribution in [3.8, 4) is 0 Å². The Labute approximate surface area is 438 Å². The molecule has 71 heavy (non-hydrogen) atoms. The highest BCUT2D eigenvalue weighted by atomic mass is 16.7. The van der Waals surface area contributed by atoms with Crippen molar-refractivity contribution in [2.45, 2.75) is 339 Å². The third-order valence-electron chi connectivity index (χ3n) is 14.7. The third-order valence-corrected chi connectivity index (χ3v) is 14.7. The Bertz CT molecular complexity index is 1210. The van der Waals surface area contributed by atoms with Gasteiger partial charge in [0.1, 0.15) is 24.4 Å². The summed E-state index contributed by atoms with van der Waals surface area (Å²) in [6.07, 6.45) is 61.0. The van der Waals surface area contributed by atoms with Gasteiger partial charge in [-0.25, -0.2) is 0 Å². The second-order valence-corrected chi connectivity index (χ2v) is 21.5. The number of aliphatic hydroxyl groups is 5. The number of amides is 1. The van der Waals surface area contributed by atoms with Gasteiger partial charge in [0.2, 0.25) is 5.91 Å². The highest BCUT2D eigenvalue weighted by Gasteiger charge is 2.44. The van der Waals surface area contributed by atoms with Gasteiger partial charge in [0.05, 0.1) is 25.4 Å². The minimum atomic E-state index is -1.57. The maximum absolute atomic E-state index is 13.0. The largest absolute Gasteiger partial charge is 0.394 e. The Kier molecular flexibility index (Phi) is 49.3. The van der Waals surface area contributed by atoms with Crippen molar-refractivity contribution in [3.63, 3.8) is 0 Å². The summed E-state index contributed by atoms with van der Waals surface area (Å²) in [7, 11) is 0. The minimum absolute atomic E-state index is 0.188. The Morgan fingerprint density at radius 2 is 0.831 bits per heavy atom. The first-order valence-corrected chi connectivity index (χ1v) is 30.7. The third kappa shape index (κ3) is 41.4. The van der Waals surface area contributed by atoms with E-state index < -0.39 is 49.5 Å². The number of allylic oxidation sites excluding steroid dienone is 5. The molecule has 1 heterocycles. The molecule has 0 saturated carbocycles. The zero-order chi connectivity index (χ0) is 51.5. The fourth-order valence-corrected chi connectivity index (χ4v) is 9.84. The number of ether oxygens (including phenoxy) is 2. The van der Waals surface area contributed by atoms with Crippen LogP contribution in [0.4, 0.5) is 0 Å². The van der Waals surface area contributed by atoms with Gasteiger partial charge >= 0.3 is 0 Å². The van der Waals surface area contributed by atoms with Crippen molar-refractivity contribution >= 4 is 5.91 Å². The molecule has 0 bridgehead atoms. The number of carbonyl (C=O) groups is 1. The zero-order valence-corrected chi connectivity index (χ0v) is 46.5. The molecule has 7 unspecified atom stereocenters. The topological polar surface area (TPSA) is 149 Å². The molecule has 7 atom stereocenters. The number of carbonyl (C=O) groups excluding carboxylic acids is 1. The molecule has 418 valence electrons. The van der Waals surface area contributed by atoms with Gasteiger partial charge in [-0.3, -0.25) is 4.79 Å². The van der Waals surface area contributed by atoms with E-state index in [2.05, 4.69) is 43.5 Å². The van der Waals surface area contributed by atoms with Gasteiger partial charge in [0, 0.05) is 6.42 Å². The number of rotatable bonds is 53. The predicted octanol–water partition coefficient (Wildman–Crippen LogP) is 15.5. The molecule has 0 radical (unpaired) electrons. The van der Waals surface area contributed by atoms with Crippen LogP contribution in [0, 0.1) is 0 Å². The van der Waals surface area contributed by atoms with E-state index >= 15 is 0 Å². The van der Waals surface area contributed by atoms with Crippen LogP contribution in [0.25, 0.3) is 0 Å². The molecule has 1 fully saturated rings. The SMILES string of the molecule is CCCCC/C=C\C/C=C\CCCCCCCC(=O)NC(COC1OC(CO)C(O)C(O)C1O)C(O)/C=C/CCCCCCCCCCCCCCCCCCCCCCCCCCCCCCCCC. The highest BCUT2D eigenvalue weighted by molar-refractivity contribution is 5.76. The lowest BCUT2D eigenvalue weighted by Crippen LogP contribution is -2.60. The highest BCUT2D eigenvalue weighted by Crippen LogP contribution is 2.23. The fraction of sp³-hybridized carbons (Fsp3) is 0.887. The van der Waals surface area contributed by atoms with Crippen LogP contribution in [-0.2, 0) is 14.3 Å². The molecule has 0 aliphatic carbocycles. The summed E-state index contributed by atoms with van der Waals surface area (Å²) < 4.78 is 11.3. The number of unbranched alkanes of at least 4 members (excludes halogenated alkanes) is 39. The molecule has 1 aliphatic heterocycles. The smallest absolute Gasteiger partial charge is 0.220 e. The van der Waals surface area contributed by atoms with Crippen molar-refractivity contribution in [1.82, 2.24) is 5.32 Å². The van der Waals surface area contributed by atoms with E-state index in [-0.39, 0.29) is 12.5 Å². The van der Waals surface area contributed by atoms with Crippen molar-refractivity contribution in [2.24, 2.45) is 0 Å². The van der Waals surface area contributed by atoms with E-state index in [9.17, 15) is 30.3 Å². The van der Waals surface area contributed by atoms with Crippen LogP contribution in [0.5, 0.6) is 0 Å². The maximum Gasteiger partial charge on any atom is 0.220 e. The van der Waals surface area contributed by atoms with Gasteiger partial charge < -0.3 is 40.3 Å². The van der Waals surface area contributed by atoms with E-state index in [1.807, 2.05) is 6.08 Å². The molecule has 1 saturated heterocycles. The van der Waals surface area contributed by atoms with Crippen molar-refractivity contribution in [2.75, 3.05) is 13.2 Å². The van der Waals surface area contributed by atoms with E-state index in [0.717, 1.165) is 64.2 Å². The monoisotopic (exact) mass is 1000 g/mol. The lowest BCUT2D eigenvalue weighted by molar-refractivity contribution is -0.302. The summed E-state index contributed by atoms with van der Waals surface area (Å²) >= 11 is 0. The van der Waals surface area contributed by atoms with E-state index in [4.69, 9.17) is 9.47 Å². The average molecular weight is 1000 g/mol. The average Bonchev–Trinajstić information content (AvgIpc) is 3.37. The summed E-state index contributed by atoms with van der Waals surface area (Å²) in [6, 6.07) is -0.813. The van der Waals surface area contributed by atoms with Gasteiger partial charge in [-0.2, -0.15) is 0 Å². The van der Waals surface area contributed by atoms with Crippen LogP contribution in [0.3, 0.4) is 0 Å². The van der Waals surface area contributed by atoms with Gasteiger partial charge in [0.25, 0.3) is 0 Å². The maximum atomic E-state index is 13.0. The molecule has 0 aromatic carbocycles. The summed E-state index contributed by atoms with van der Waals surface area (Å²) in [5.74, 6) is -0.188. The second kappa shape index (κ2) is 51.9. The zero-order valence-electron chi connectivity index (χ0n) is 46.5. The lowest BCUT2D eigenvalue weighted by Gasteiger charge is -2.40. The van der Waals surface area contributed by atoms with E-state index in [1.165, 1.54) is 212 Å². The van der Waals surface area contributed by atoms with Gasteiger partial charge in [-0.15, -0.1) is 0 Å². The Morgan fingerprint density at radius 1 is 0.479 bits per heavy atom. The Hall–Kier alpha value is -1.59. The van der Waals surface area contributed by atoms with Gasteiger partial charge in [-0.05, 0) is 51.4 Å². The van der Waals surface area contributed by atoms with Crippen LogP contribution >= 0.6 is 0 Å². The quantitative estimate of drug-likeness (QED) is 0.0261. The first kappa shape index (κ1) is 67.4. The molecule has 0 spiro atoms. The molecule has 6 N–H and O–H groups in total. The number of nitrogens with one attached hydrogen (secondary N) is 1. The van der Waals surface area contributed by atoms with Crippen LogP contribution in [-0.4, -0.2) is 87.5 Å². The first-order valence-electron chi connectivity index (χ1n) is 30.7. The van der Waals surface area contributed by atoms with E-state index in [1.54, 1.807) is 6.08 Å². The summed E-state index contributed by atoms with van der Waals surface area (Å²) in [5, 5.41) is 54.5. The molecule has 1 aliphatic rings. The molecule has 0 aromatic heterocycles. The van der Waals surface area contributed by atoms with Gasteiger partial charge in [-0.1, -0.05) is 275 Å². The lowest BCUT2D eigenvalue weighted by atomic mass is 9.99. The summed E-state index contributed by atoms with van der Waals surface area (Å²) in [4.78, 5) is 13.0. The van der Waals surface area contributed by atoms with Crippen LogP contribution < -0.4 is 5.32 Å². The number of hydrogen-bond donors (Lipinski definition) is 6.